The molecule has 1 heterocycles. The Hall–Kier alpha value is -1.99. The number of amides is 1. The molecule has 0 fully saturated rings. The van der Waals surface area contributed by atoms with Crippen LogP contribution in [0, 0.1) is 0 Å². The van der Waals surface area contributed by atoms with Gasteiger partial charge in [-0.1, -0.05) is 12.1 Å². The van der Waals surface area contributed by atoms with Crippen molar-refractivity contribution < 1.29 is 9.53 Å². The van der Waals surface area contributed by atoms with Crippen LogP contribution in [0.15, 0.2) is 41.1 Å². The zero-order valence-corrected chi connectivity index (χ0v) is 13.1. The van der Waals surface area contributed by atoms with E-state index in [2.05, 4.69) is 36.5 Å². The third kappa shape index (κ3) is 4.51. The van der Waals surface area contributed by atoms with Gasteiger partial charge in [0.25, 0.3) is 5.91 Å². The molecule has 0 unspecified atom stereocenters. The lowest BCUT2D eigenvalue weighted by atomic mass is 10.3. The zero-order valence-electron chi connectivity index (χ0n) is 11.5. The van der Waals surface area contributed by atoms with Gasteiger partial charge in [0.1, 0.15) is 17.8 Å². The van der Waals surface area contributed by atoms with Crippen molar-refractivity contribution in [3.8, 4) is 0 Å². The van der Waals surface area contributed by atoms with Crippen LogP contribution >= 0.6 is 15.9 Å². The summed E-state index contributed by atoms with van der Waals surface area (Å²) in [5, 5.41) is 5.84. The quantitative estimate of drug-likeness (QED) is 0.783. The number of anilines is 2. The smallest absolute Gasteiger partial charge is 0.274 e. The van der Waals surface area contributed by atoms with Crippen LogP contribution in [0.1, 0.15) is 10.5 Å². The van der Waals surface area contributed by atoms with Gasteiger partial charge in [-0.15, -0.1) is 0 Å². The molecule has 21 heavy (non-hydrogen) atoms. The second-order valence-corrected chi connectivity index (χ2v) is 5.00. The van der Waals surface area contributed by atoms with Crippen LogP contribution in [0.2, 0.25) is 0 Å². The van der Waals surface area contributed by atoms with Gasteiger partial charge in [-0.2, -0.15) is 0 Å². The van der Waals surface area contributed by atoms with Gasteiger partial charge < -0.3 is 15.4 Å². The number of nitrogens with zero attached hydrogens (tertiary/aromatic N) is 2. The highest BCUT2D eigenvalue weighted by Gasteiger charge is 2.10. The summed E-state index contributed by atoms with van der Waals surface area (Å²) in [6.45, 7) is 1.17. The summed E-state index contributed by atoms with van der Waals surface area (Å²) in [4.78, 5) is 20.2. The number of aromatic nitrogens is 2. The van der Waals surface area contributed by atoms with E-state index >= 15 is 0 Å². The monoisotopic (exact) mass is 350 g/mol. The summed E-state index contributed by atoms with van der Waals surface area (Å²) in [5.41, 5.74) is 0.982. The number of ether oxygens (including phenoxy) is 1. The number of carbonyl (C=O) groups is 1. The van der Waals surface area contributed by atoms with Gasteiger partial charge in [-0.05, 0) is 28.1 Å². The summed E-state index contributed by atoms with van der Waals surface area (Å²) >= 11 is 3.38. The molecule has 2 rings (SSSR count). The van der Waals surface area contributed by atoms with Gasteiger partial charge in [-0.25, -0.2) is 9.97 Å². The molecule has 7 heteroatoms. The number of hydrogen-bond acceptors (Lipinski definition) is 5. The van der Waals surface area contributed by atoms with Crippen molar-refractivity contribution >= 4 is 33.3 Å². The maximum atomic E-state index is 12.2. The Bertz CT molecular complexity index is 621. The molecule has 1 amide bonds. The van der Waals surface area contributed by atoms with Crippen LogP contribution in [0.5, 0.6) is 0 Å². The van der Waals surface area contributed by atoms with Crippen LogP contribution in [0.4, 0.5) is 11.5 Å². The Morgan fingerprint density at radius 2 is 2.14 bits per heavy atom. The third-order valence-corrected chi connectivity index (χ3v) is 3.33. The van der Waals surface area contributed by atoms with E-state index in [0.717, 1.165) is 4.47 Å². The van der Waals surface area contributed by atoms with Crippen LogP contribution in [0.3, 0.4) is 0 Å². The van der Waals surface area contributed by atoms with Crippen molar-refractivity contribution in [2.75, 3.05) is 30.9 Å². The number of carbonyl (C=O) groups excluding carboxylic acids is 1. The molecule has 0 saturated carbocycles. The fraction of sp³-hybridized carbons (Fsp3) is 0.214. The lowest BCUT2D eigenvalue weighted by molar-refractivity contribution is 0.102. The number of nitrogens with one attached hydrogen (secondary N) is 2. The van der Waals surface area contributed by atoms with E-state index in [-0.39, 0.29) is 5.91 Å². The Labute approximate surface area is 131 Å². The molecule has 1 aromatic heterocycles. The summed E-state index contributed by atoms with van der Waals surface area (Å²) < 4.78 is 5.75. The molecule has 0 spiro atoms. The number of rotatable bonds is 6. The first-order chi connectivity index (χ1) is 10.2. The molecule has 6 nitrogen and oxygen atoms in total. The van der Waals surface area contributed by atoms with E-state index in [1.54, 1.807) is 19.2 Å². The second-order valence-electron chi connectivity index (χ2n) is 4.14. The van der Waals surface area contributed by atoms with E-state index in [0.29, 0.717) is 30.4 Å². The average molecular weight is 351 g/mol. The van der Waals surface area contributed by atoms with Crippen LogP contribution in [-0.2, 0) is 4.74 Å². The number of benzene rings is 1. The predicted octanol–water partition coefficient (Wildman–Crippen LogP) is 2.55. The van der Waals surface area contributed by atoms with E-state index < -0.39 is 0 Å². The largest absolute Gasteiger partial charge is 0.383 e. The molecule has 2 N–H and O–H groups in total. The Kier molecular flexibility index (Phi) is 5.65. The standard InChI is InChI=1S/C14H15BrN4O2/c1-21-7-6-16-13-8-12(17-9-18-13)14(20)19-11-5-3-2-4-10(11)15/h2-5,8-9H,6-7H2,1H3,(H,19,20)(H,16,17,18). The molecule has 0 atom stereocenters. The van der Waals surface area contributed by atoms with Gasteiger partial charge >= 0.3 is 0 Å². The minimum absolute atomic E-state index is 0.292. The number of para-hydroxylation sites is 1. The minimum atomic E-state index is -0.293. The molecule has 0 aliphatic carbocycles. The van der Waals surface area contributed by atoms with Crippen molar-refractivity contribution in [3.63, 3.8) is 0 Å². The van der Waals surface area contributed by atoms with Gasteiger partial charge in [0, 0.05) is 24.2 Å². The highest BCUT2D eigenvalue weighted by molar-refractivity contribution is 9.10. The summed E-state index contributed by atoms with van der Waals surface area (Å²) in [6.07, 6.45) is 1.35. The van der Waals surface area contributed by atoms with E-state index in [1.807, 2.05) is 18.2 Å². The van der Waals surface area contributed by atoms with Crippen molar-refractivity contribution in [1.82, 2.24) is 9.97 Å². The molecule has 0 aliphatic rings. The molecule has 1 aromatic carbocycles. The van der Waals surface area contributed by atoms with E-state index in [1.165, 1.54) is 6.33 Å². The van der Waals surface area contributed by atoms with Gasteiger partial charge in [0.15, 0.2) is 0 Å². The fourth-order valence-electron chi connectivity index (χ4n) is 1.61. The van der Waals surface area contributed by atoms with Crippen molar-refractivity contribution in [2.45, 2.75) is 0 Å². The SMILES string of the molecule is COCCNc1cc(C(=O)Nc2ccccc2Br)ncn1. The van der Waals surface area contributed by atoms with Gasteiger partial charge in [0.2, 0.25) is 0 Å². The molecular weight excluding hydrogens is 336 g/mol. The third-order valence-electron chi connectivity index (χ3n) is 2.63. The molecular formula is C14H15BrN4O2. The van der Waals surface area contributed by atoms with E-state index in [4.69, 9.17) is 4.74 Å². The first-order valence-corrected chi connectivity index (χ1v) is 7.10. The minimum Gasteiger partial charge on any atom is -0.383 e. The lowest BCUT2D eigenvalue weighted by Crippen LogP contribution is -2.15. The van der Waals surface area contributed by atoms with E-state index in [9.17, 15) is 4.79 Å². The van der Waals surface area contributed by atoms with Crippen LogP contribution in [0.25, 0.3) is 0 Å². The molecule has 0 aliphatic heterocycles. The highest BCUT2D eigenvalue weighted by atomic mass is 79.9. The number of methoxy groups -OCH3 is 1. The predicted molar refractivity (Wildman–Crippen MR) is 84.5 cm³/mol. The maximum absolute atomic E-state index is 12.2. The van der Waals surface area contributed by atoms with Crippen LogP contribution in [-0.4, -0.2) is 36.1 Å². The molecule has 0 radical (unpaired) electrons. The summed E-state index contributed by atoms with van der Waals surface area (Å²) in [7, 11) is 1.62. The topological polar surface area (TPSA) is 76.1 Å². The Morgan fingerprint density at radius 1 is 1.33 bits per heavy atom. The molecule has 110 valence electrons. The second kappa shape index (κ2) is 7.70. The van der Waals surface area contributed by atoms with Crippen molar-refractivity contribution in [1.29, 1.82) is 0 Å². The normalized spacial score (nSPS) is 10.2. The zero-order chi connectivity index (χ0) is 15.1. The Morgan fingerprint density at radius 3 is 2.90 bits per heavy atom. The average Bonchev–Trinajstić information content (AvgIpc) is 2.50. The maximum Gasteiger partial charge on any atom is 0.274 e. The van der Waals surface area contributed by atoms with Crippen molar-refractivity contribution in [2.24, 2.45) is 0 Å². The lowest BCUT2D eigenvalue weighted by Gasteiger charge is -2.08. The first-order valence-electron chi connectivity index (χ1n) is 6.31. The summed E-state index contributed by atoms with van der Waals surface area (Å²) in [6, 6.07) is 8.98. The molecule has 0 bridgehead atoms. The highest BCUT2D eigenvalue weighted by Crippen LogP contribution is 2.21. The Balaban J connectivity index is 2.05. The molecule has 0 saturated heterocycles. The number of halogens is 1. The van der Waals surface area contributed by atoms with Gasteiger partial charge in [0.05, 0.1) is 12.3 Å². The van der Waals surface area contributed by atoms with Crippen molar-refractivity contribution in [3.05, 3.63) is 46.8 Å². The summed E-state index contributed by atoms with van der Waals surface area (Å²) in [5.74, 6) is 0.290. The number of hydrogen-bond donors (Lipinski definition) is 2. The van der Waals surface area contributed by atoms with Crippen LogP contribution < -0.4 is 10.6 Å². The van der Waals surface area contributed by atoms with Gasteiger partial charge in [-0.3, -0.25) is 4.79 Å². The fourth-order valence-corrected chi connectivity index (χ4v) is 1.99. The molecule has 2 aromatic rings. The first kappa shape index (κ1) is 15.4.